The van der Waals surface area contributed by atoms with Gasteiger partial charge in [-0.25, -0.2) is 9.97 Å². The predicted molar refractivity (Wildman–Crippen MR) is 55.5 cm³/mol. The Morgan fingerprint density at radius 1 is 1.43 bits per heavy atom. The van der Waals surface area contributed by atoms with Gasteiger partial charge >= 0.3 is 0 Å². The van der Waals surface area contributed by atoms with Gasteiger partial charge in [-0.2, -0.15) is 0 Å². The quantitative estimate of drug-likeness (QED) is 0.666. The van der Waals surface area contributed by atoms with Crippen LogP contribution in [0.2, 0.25) is 0 Å². The highest BCUT2D eigenvalue weighted by atomic mass is 15.1. The molecule has 0 atom stereocenters. The van der Waals surface area contributed by atoms with Crippen LogP contribution in [0.4, 0.5) is 0 Å². The molecule has 74 valence electrons. The fraction of sp³-hybridized carbons (Fsp3) is 0.400. The first kappa shape index (κ1) is 10.6. The standard InChI is InChI=1S/C10H14N4/c1-14(6-4-11)5-2-3-10-7-12-9-13-8-10/h7-9H,4-6,11H2,1H3. The van der Waals surface area contributed by atoms with E-state index in [-0.39, 0.29) is 0 Å². The number of hydrogen-bond acceptors (Lipinski definition) is 4. The Morgan fingerprint density at radius 3 is 2.79 bits per heavy atom. The van der Waals surface area contributed by atoms with Crippen LogP contribution in [0.3, 0.4) is 0 Å². The molecule has 1 rings (SSSR count). The van der Waals surface area contributed by atoms with Crippen molar-refractivity contribution in [2.45, 2.75) is 0 Å². The first-order valence-electron chi connectivity index (χ1n) is 4.45. The molecule has 0 aliphatic rings. The van der Waals surface area contributed by atoms with Gasteiger partial charge in [0.2, 0.25) is 0 Å². The lowest BCUT2D eigenvalue weighted by Crippen LogP contribution is -2.25. The summed E-state index contributed by atoms with van der Waals surface area (Å²) in [5.74, 6) is 6.00. The molecule has 0 aliphatic carbocycles. The van der Waals surface area contributed by atoms with E-state index in [0.29, 0.717) is 13.1 Å². The van der Waals surface area contributed by atoms with Crippen molar-refractivity contribution in [3.05, 3.63) is 24.3 Å². The van der Waals surface area contributed by atoms with Crippen LogP contribution in [-0.4, -0.2) is 41.5 Å². The highest BCUT2D eigenvalue weighted by molar-refractivity contribution is 5.29. The minimum absolute atomic E-state index is 0.659. The first-order valence-corrected chi connectivity index (χ1v) is 4.45. The molecule has 0 radical (unpaired) electrons. The Kier molecular flexibility index (Phi) is 4.62. The van der Waals surface area contributed by atoms with Gasteiger partial charge in [-0.15, -0.1) is 0 Å². The smallest absolute Gasteiger partial charge is 0.115 e. The van der Waals surface area contributed by atoms with E-state index >= 15 is 0 Å². The molecular weight excluding hydrogens is 176 g/mol. The lowest BCUT2D eigenvalue weighted by Gasteiger charge is -2.09. The van der Waals surface area contributed by atoms with Crippen molar-refractivity contribution in [3.8, 4) is 11.8 Å². The second-order valence-electron chi connectivity index (χ2n) is 2.96. The number of aromatic nitrogens is 2. The summed E-state index contributed by atoms with van der Waals surface area (Å²) in [5.41, 5.74) is 6.24. The molecule has 1 aromatic heterocycles. The first-order chi connectivity index (χ1) is 6.83. The molecular formula is C10H14N4. The van der Waals surface area contributed by atoms with E-state index < -0.39 is 0 Å². The van der Waals surface area contributed by atoms with E-state index in [1.165, 1.54) is 6.33 Å². The minimum atomic E-state index is 0.659. The molecule has 2 N–H and O–H groups in total. The van der Waals surface area contributed by atoms with Crippen molar-refractivity contribution >= 4 is 0 Å². The van der Waals surface area contributed by atoms with E-state index in [1.807, 2.05) is 7.05 Å². The molecule has 0 aromatic carbocycles. The molecule has 0 bridgehead atoms. The summed E-state index contributed by atoms with van der Waals surface area (Å²) in [6.07, 6.45) is 4.89. The van der Waals surface area contributed by atoms with Crippen LogP contribution in [-0.2, 0) is 0 Å². The van der Waals surface area contributed by atoms with Gasteiger partial charge in [0.25, 0.3) is 0 Å². The zero-order valence-corrected chi connectivity index (χ0v) is 8.27. The topological polar surface area (TPSA) is 55.0 Å². The third-order valence-corrected chi connectivity index (χ3v) is 1.65. The third-order valence-electron chi connectivity index (χ3n) is 1.65. The number of nitrogens with zero attached hydrogens (tertiary/aromatic N) is 3. The van der Waals surface area contributed by atoms with Crippen LogP contribution in [0.15, 0.2) is 18.7 Å². The second-order valence-corrected chi connectivity index (χ2v) is 2.96. The van der Waals surface area contributed by atoms with Crippen LogP contribution in [0.25, 0.3) is 0 Å². The maximum atomic E-state index is 5.40. The van der Waals surface area contributed by atoms with Crippen LogP contribution in [0.1, 0.15) is 5.56 Å². The van der Waals surface area contributed by atoms with Gasteiger partial charge in [-0.05, 0) is 7.05 Å². The Morgan fingerprint density at radius 2 is 2.14 bits per heavy atom. The monoisotopic (exact) mass is 190 g/mol. The van der Waals surface area contributed by atoms with Gasteiger partial charge in [0.05, 0.1) is 12.1 Å². The summed E-state index contributed by atoms with van der Waals surface area (Å²) in [4.78, 5) is 9.81. The van der Waals surface area contributed by atoms with Crippen molar-refractivity contribution < 1.29 is 0 Å². The van der Waals surface area contributed by atoms with Crippen LogP contribution < -0.4 is 5.73 Å². The maximum absolute atomic E-state index is 5.40. The number of hydrogen-bond donors (Lipinski definition) is 1. The SMILES string of the molecule is CN(CC#Cc1cncnc1)CCN. The normalized spacial score (nSPS) is 9.64. The average molecular weight is 190 g/mol. The van der Waals surface area contributed by atoms with Gasteiger partial charge < -0.3 is 5.73 Å². The summed E-state index contributed by atoms with van der Waals surface area (Å²) in [7, 11) is 1.99. The molecule has 1 heterocycles. The van der Waals surface area contributed by atoms with Gasteiger partial charge in [0, 0.05) is 25.5 Å². The second kappa shape index (κ2) is 6.08. The van der Waals surface area contributed by atoms with Crippen molar-refractivity contribution in [1.29, 1.82) is 0 Å². The van der Waals surface area contributed by atoms with Crippen molar-refractivity contribution in [2.75, 3.05) is 26.7 Å². The molecule has 4 heteroatoms. The summed E-state index contributed by atoms with van der Waals surface area (Å²) in [5, 5.41) is 0. The van der Waals surface area contributed by atoms with E-state index in [2.05, 4.69) is 26.7 Å². The molecule has 0 saturated heterocycles. The fourth-order valence-electron chi connectivity index (χ4n) is 0.940. The Hall–Kier alpha value is -1.44. The number of nitrogens with two attached hydrogens (primary N) is 1. The minimum Gasteiger partial charge on any atom is -0.329 e. The predicted octanol–water partition coefficient (Wildman–Crippen LogP) is -0.281. The molecule has 0 saturated carbocycles. The Balaban J connectivity index is 2.41. The van der Waals surface area contributed by atoms with E-state index in [4.69, 9.17) is 5.73 Å². The van der Waals surface area contributed by atoms with E-state index in [1.54, 1.807) is 12.4 Å². The zero-order valence-electron chi connectivity index (χ0n) is 8.27. The summed E-state index contributed by atoms with van der Waals surface area (Å²) >= 11 is 0. The summed E-state index contributed by atoms with van der Waals surface area (Å²) < 4.78 is 0. The van der Waals surface area contributed by atoms with Gasteiger partial charge in [0.1, 0.15) is 6.33 Å². The largest absolute Gasteiger partial charge is 0.329 e. The van der Waals surface area contributed by atoms with Crippen molar-refractivity contribution in [2.24, 2.45) is 5.73 Å². The zero-order chi connectivity index (χ0) is 10.2. The summed E-state index contributed by atoms with van der Waals surface area (Å²) in [6.45, 7) is 2.23. The molecule has 0 aliphatic heterocycles. The van der Waals surface area contributed by atoms with Crippen LogP contribution >= 0.6 is 0 Å². The number of rotatable bonds is 3. The third kappa shape index (κ3) is 3.99. The molecule has 0 spiro atoms. The van der Waals surface area contributed by atoms with Crippen LogP contribution in [0.5, 0.6) is 0 Å². The molecule has 0 amide bonds. The fourth-order valence-corrected chi connectivity index (χ4v) is 0.940. The molecule has 0 fully saturated rings. The highest BCUT2D eigenvalue weighted by Crippen LogP contribution is 1.88. The molecule has 0 unspecified atom stereocenters. The summed E-state index contributed by atoms with van der Waals surface area (Å²) in [6, 6.07) is 0. The molecule has 4 nitrogen and oxygen atoms in total. The lowest BCUT2D eigenvalue weighted by atomic mass is 10.3. The Bertz CT molecular complexity index is 312. The van der Waals surface area contributed by atoms with Gasteiger partial charge in [0.15, 0.2) is 0 Å². The van der Waals surface area contributed by atoms with Crippen LogP contribution in [0, 0.1) is 11.8 Å². The van der Waals surface area contributed by atoms with Crippen molar-refractivity contribution in [3.63, 3.8) is 0 Å². The molecule has 1 aromatic rings. The highest BCUT2D eigenvalue weighted by Gasteiger charge is 1.91. The van der Waals surface area contributed by atoms with Gasteiger partial charge in [-0.3, -0.25) is 4.90 Å². The lowest BCUT2D eigenvalue weighted by molar-refractivity contribution is 0.386. The average Bonchev–Trinajstić information content (AvgIpc) is 2.20. The molecule has 14 heavy (non-hydrogen) atoms. The van der Waals surface area contributed by atoms with Gasteiger partial charge in [-0.1, -0.05) is 11.8 Å². The maximum Gasteiger partial charge on any atom is 0.115 e. The van der Waals surface area contributed by atoms with Crippen molar-refractivity contribution in [1.82, 2.24) is 14.9 Å². The van der Waals surface area contributed by atoms with E-state index in [0.717, 1.165) is 12.1 Å². The van der Waals surface area contributed by atoms with E-state index in [9.17, 15) is 0 Å². The Labute approximate surface area is 84.2 Å². The number of likely N-dealkylation sites (N-methyl/N-ethyl adjacent to an activating group) is 1.